The van der Waals surface area contributed by atoms with Gasteiger partial charge in [0.1, 0.15) is 11.8 Å². The third-order valence-electron chi connectivity index (χ3n) is 7.02. The normalized spacial score (nSPS) is 20.1. The monoisotopic (exact) mass is 479 g/mol. The summed E-state index contributed by atoms with van der Waals surface area (Å²) >= 11 is 0. The molecular weight excluding hydrogens is 446 g/mol. The van der Waals surface area contributed by atoms with E-state index in [0.717, 1.165) is 38.9 Å². The minimum Gasteiger partial charge on any atom is -0.480 e. The molecule has 3 N–H and O–H groups in total. The van der Waals surface area contributed by atoms with Crippen molar-refractivity contribution in [3.8, 4) is 5.75 Å². The molecule has 0 spiro atoms. The van der Waals surface area contributed by atoms with Gasteiger partial charge in [-0.3, -0.25) is 19.3 Å². The molecule has 0 aliphatic carbocycles. The highest BCUT2D eigenvalue weighted by atomic mass is 16.5. The van der Waals surface area contributed by atoms with Gasteiger partial charge in [0, 0.05) is 13.1 Å². The van der Waals surface area contributed by atoms with Crippen LogP contribution in [0.1, 0.15) is 48.3 Å². The van der Waals surface area contributed by atoms with Crippen LogP contribution in [-0.2, 0) is 20.9 Å². The minimum atomic E-state index is -1.27. The average molecular weight is 480 g/mol. The van der Waals surface area contributed by atoms with Crippen molar-refractivity contribution < 1.29 is 24.2 Å². The van der Waals surface area contributed by atoms with Gasteiger partial charge in [0.05, 0.1) is 12.5 Å². The van der Waals surface area contributed by atoms with Crippen LogP contribution in [0, 0.1) is 6.92 Å². The van der Waals surface area contributed by atoms with E-state index >= 15 is 0 Å². The standard InChI is InChI=1S/C27H33N3O5/c1-18-2-4-19(5-3-18)17-30-15-12-24(26(30)32)29-13-10-21(11-14-29)20-6-8-22(9-7-20)35-25(31)16-23(28)27(33)34/h2-9,21,23-24H,10-17,28H2,1H3,(H,33,34). The number of nitrogens with zero attached hydrogens (tertiary/aromatic N) is 2. The van der Waals surface area contributed by atoms with Crippen LogP contribution < -0.4 is 10.5 Å². The number of piperidine rings is 1. The van der Waals surface area contributed by atoms with Crippen molar-refractivity contribution in [3.05, 3.63) is 65.2 Å². The highest BCUT2D eigenvalue weighted by Gasteiger charge is 2.37. The topological polar surface area (TPSA) is 113 Å². The zero-order valence-electron chi connectivity index (χ0n) is 20.1. The summed E-state index contributed by atoms with van der Waals surface area (Å²) in [5, 5.41) is 8.80. The Morgan fingerprint density at radius 3 is 2.31 bits per heavy atom. The molecule has 2 aliphatic rings. The van der Waals surface area contributed by atoms with E-state index in [9.17, 15) is 14.4 Å². The van der Waals surface area contributed by atoms with Crippen LogP contribution in [0.3, 0.4) is 0 Å². The van der Waals surface area contributed by atoms with Crippen molar-refractivity contribution >= 4 is 17.8 Å². The SMILES string of the molecule is Cc1ccc(CN2CCC(N3CCC(c4ccc(OC(=O)CC(N)C(=O)O)cc4)CC3)C2=O)cc1. The number of benzene rings is 2. The van der Waals surface area contributed by atoms with E-state index in [0.29, 0.717) is 18.2 Å². The summed E-state index contributed by atoms with van der Waals surface area (Å²) in [7, 11) is 0. The smallest absolute Gasteiger partial charge is 0.321 e. The third-order valence-corrected chi connectivity index (χ3v) is 7.02. The van der Waals surface area contributed by atoms with E-state index in [4.69, 9.17) is 15.6 Å². The predicted molar refractivity (Wildman–Crippen MR) is 131 cm³/mol. The first-order valence-electron chi connectivity index (χ1n) is 12.2. The van der Waals surface area contributed by atoms with E-state index in [1.165, 1.54) is 16.7 Å². The van der Waals surface area contributed by atoms with E-state index in [1.807, 2.05) is 17.0 Å². The Kier molecular flexibility index (Phi) is 7.83. The van der Waals surface area contributed by atoms with Crippen LogP contribution >= 0.6 is 0 Å². The number of aryl methyl sites for hydroxylation is 1. The largest absolute Gasteiger partial charge is 0.480 e. The molecule has 0 bridgehead atoms. The fraction of sp³-hybridized carbons (Fsp3) is 0.444. The summed E-state index contributed by atoms with van der Waals surface area (Å²) in [5.41, 5.74) is 8.94. The highest BCUT2D eigenvalue weighted by Crippen LogP contribution is 2.32. The number of amides is 1. The fourth-order valence-corrected chi connectivity index (χ4v) is 4.92. The number of hydrogen-bond acceptors (Lipinski definition) is 6. The summed E-state index contributed by atoms with van der Waals surface area (Å²) in [6.45, 7) is 5.29. The second-order valence-electron chi connectivity index (χ2n) is 9.55. The maximum atomic E-state index is 13.1. The molecule has 0 aromatic heterocycles. The molecule has 0 saturated carbocycles. The van der Waals surface area contributed by atoms with Gasteiger partial charge in [0.15, 0.2) is 0 Å². The van der Waals surface area contributed by atoms with Gasteiger partial charge in [0.2, 0.25) is 5.91 Å². The number of nitrogens with two attached hydrogens (primary N) is 1. The second kappa shape index (κ2) is 11.0. The Morgan fingerprint density at radius 2 is 1.69 bits per heavy atom. The average Bonchev–Trinajstić information content (AvgIpc) is 3.21. The Labute approximate surface area is 205 Å². The van der Waals surface area contributed by atoms with Crippen molar-refractivity contribution in [1.29, 1.82) is 0 Å². The van der Waals surface area contributed by atoms with Gasteiger partial charge in [0.25, 0.3) is 0 Å². The number of aliphatic carboxylic acids is 1. The van der Waals surface area contributed by atoms with E-state index < -0.39 is 18.0 Å². The molecule has 2 aliphatic heterocycles. The molecule has 2 saturated heterocycles. The van der Waals surface area contributed by atoms with Crippen LogP contribution in [0.25, 0.3) is 0 Å². The Morgan fingerprint density at radius 1 is 1.03 bits per heavy atom. The quantitative estimate of drug-likeness (QED) is 0.442. The molecule has 1 amide bonds. The molecule has 0 radical (unpaired) electrons. The van der Waals surface area contributed by atoms with Crippen LogP contribution in [0.2, 0.25) is 0 Å². The molecule has 186 valence electrons. The first kappa shape index (κ1) is 24.9. The summed E-state index contributed by atoms with van der Waals surface area (Å²) < 4.78 is 5.20. The van der Waals surface area contributed by atoms with Crippen LogP contribution in [0.4, 0.5) is 0 Å². The number of esters is 1. The van der Waals surface area contributed by atoms with Crippen LogP contribution in [0.5, 0.6) is 5.75 Å². The lowest BCUT2D eigenvalue weighted by Crippen LogP contribution is -2.45. The lowest BCUT2D eigenvalue weighted by atomic mass is 9.88. The fourth-order valence-electron chi connectivity index (χ4n) is 4.92. The summed E-state index contributed by atoms with van der Waals surface area (Å²) in [5.74, 6) is -0.908. The number of likely N-dealkylation sites (tertiary alicyclic amines) is 2. The highest BCUT2D eigenvalue weighted by molar-refractivity contribution is 5.84. The van der Waals surface area contributed by atoms with Crippen molar-refractivity contribution in [2.75, 3.05) is 19.6 Å². The predicted octanol–water partition coefficient (Wildman–Crippen LogP) is 2.68. The van der Waals surface area contributed by atoms with E-state index in [1.54, 1.807) is 12.1 Å². The molecule has 8 nitrogen and oxygen atoms in total. The number of rotatable bonds is 8. The van der Waals surface area contributed by atoms with Crippen molar-refractivity contribution in [2.24, 2.45) is 5.73 Å². The Bertz CT molecular complexity index is 1050. The van der Waals surface area contributed by atoms with Gasteiger partial charge >= 0.3 is 11.9 Å². The molecule has 2 atom stereocenters. The van der Waals surface area contributed by atoms with E-state index in [2.05, 4.69) is 36.1 Å². The van der Waals surface area contributed by atoms with Gasteiger partial charge in [-0.15, -0.1) is 0 Å². The van der Waals surface area contributed by atoms with Crippen LogP contribution in [0.15, 0.2) is 48.5 Å². The number of carbonyl (C=O) groups is 3. The summed E-state index contributed by atoms with van der Waals surface area (Å²) in [4.78, 5) is 40.0. The lowest BCUT2D eigenvalue weighted by Gasteiger charge is -2.35. The third kappa shape index (κ3) is 6.26. The molecule has 2 fully saturated rings. The molecule has 8 heteroatoms. The molecule has 2 unspecified atom stereocenters. The molecule has 35 heavy (non-hydrogen) atoms. The van der Waals surface area contributed by atoms with E-state index in [-0.39, 0.29) is 18.4 Å². The number of hydrogen-bond donors (Lipinski definition) is 2. The van der Waals surface area contributed by atoms with Gasteiger partial charge in [-0.1, -0.05) is 42.0 Å². The van der Waals surface area contributed by atoms with Crippen LogP contribution in [-0.4, -0.2) is 64.5 Å². The number of carboxylic acids is 1. The zero-order valence-corrected chi connectivity index (χ0v) is 20.1. The summed E-state index contributed by atoms with van der Waals surface area (Å²) in [6, 6.07) is 14.4. The number of ether oxygens (including phenoxy) is 1. The van der Waals surface area contributed by atoms with Gasteiger partial charge < -0.3 is 20.5 Å². The molecule has 2 aromatic rings. The molecule has 2 heterocycles. The number of carbonyl (C=O) groups excluding carboxylic acids is 2. The zero-order chi connectivity index (χ0) is 24.9. The number of carboxylic acid groups (broad SMARTS) is 1. The van der Waals surface area contributed by atoms with Gasteiger partial charge in [-0.2, -0.15) is 0 Å². The van der Waals surface area contributed by atoms with Gasteiger partial charge in [-0.25, -0.2) is 0 Å². The van der Waals surface area contributed by atoms with Crippen molar-refractivity contribution in [2.45, 2.75) is 57.2 Å². The maximum absolute atomic E-state index is 13.1. The summed E-state index contributed by atoms with van der Waals surface area (Å²) in [6.07, 6.45) is 2.43. The minimum absolute atomic E-state index is 0.0274. The Hall–Kier alpha value is -3.23. The van der Waals surface area contributed by atoms with Gasteiger partial charge in [-0.05, 0) is 68.5 Å². The Balaban J connectivity index is 1.25. The lowest BCUT2D eigenvalue weighted by molar-refractivity contribution is -0.143. The second-order valence-corrected chi connectivity index (χ2v) is 9.55. The maximum Gasteiger partial charge on any atom is 0.321 e. The van der Waals surface area contributed by atoms with Crippen molar-refractivity contribution in [1.82, 2.24) is 9.80 Å². The first-order valence-corrected chi connectivity index (χ1v) is 12.2. The molecule has 4 rings (SSSR count). The first-order chi connectivity index (χ1) is 16.8. The van der Waals surface area contributed by atoms with Crippen molar-refractivity contribution in [3.63, 3.8) is 0 Å². The molecular formula is C27H33N3O5. The molecule has 2 aromatic carbocycles.